The van der Waals surface area contributed by atoms with Crippen molar-refractivity contribution in [1.82, 2.24) is 14.9 Å². The van der Waals surface area contributed by atoms with Gasteiger partial charge in [-0.05, 0) is 39.4 Å². The van der Waals surface area contributed by atoms with Crippen LogP contribution < -0.4 is 5.32 Å². The van der Waals surface area contributed by atoms with Gasteiger partial charge in [0.25, 0.3) is 0 Å². The Hall–Kier alpha value is -1.17. The molecule has 0 saturated heterocycles. The summed E-state index contributed by atoms with van der Waals surface area (Å²) in [4.78, 5) is 16.0. The van der Waals surface area contributed by atoms with E-state index in [-0.39, 0.29) is 6.09 Å². The van der Waals surface area contributed by atoms with Crippen molar-refractivity contribution in [3.63, 3.8) is 0 Å². The summed E-state index contributed by atoms with van der Waals surface area (Å²) in [5, 5.41) is 3.51. The van der Waals surface area contributed by atoms with E-state index >= 15 is 0 Å². The Labute approximate surface area is 143 Å². The molecule has 0 aliphatic heterocycles. The van der Waals surface area contributed by atoms with Gasteiger partial charge in [-0.25, -0.2) is 9.78 Å². The van der Waals surface area contributed by atoms with Crippen molar-refractivity contribution in [3.8, 4) is 0 Å². The standard InChI is InChI=1S/C17H29N3O2S/c1-5-23-15-8-6-7-14(15)20-12-18-11-13(20)9-10-19-16(21)22-17(2,3)4/h11-12,14-15H,5-10H2,1-4H3,(H,19,21). The van der Waals surface area contributed by atoms with Crippen molar-refractivity contribution >= 4 is 17.9 Å². The minimum atomic E-state index is -0.458. The Balaban J connectivity index is 1.88. The minimum absolute atomic E-state index is 0.358. The van der Waals surface area contributed by atoms with Crippen LogP contribution in [-0.2, 0) is 11.2 Å². The van der Waals surface area contributed by atoms with E-state index in [1.165, 1.54) is 25.0 Å². The van der Waals surface area contributed by atoms with Crippen molar-refractivity contribution < 1.29 is 9.53 Å². The highest BCUT2D eigenvalue weighted by Gasteiger charge is 2.29. The van der Waals surface area contributed by atoms with Crippen molar-refractivity contribution in [3.05, 3.63) is 18.2 Å². The summed E-state index contributed by atoms with van der Waals surface area (Å²) in [7, 11) is 0. The molecule has 2 rings (SSSR count). The lowest BCUT2D eigenvalue weighted by Gasteiger charge is -2.23. The summed E-state index contributed by atoms with van der Waals surface area (Å²) < 4.78 is 7.58. The lowest BCUT2D eigenvalue weighted by molar-refractivity contribution is 0.0528. The lowest BCUT2D eigenvalue weighted by atomic mass is 10.2. The van der Waals surface area contributed by atoms with Crippen LogP contribution in [0, 0.1) is 0 Å². The van der Waals surface area contributed by atoms with Crippen molar-refractivity contribution in [2.45, 2.75) is 70.3 Å². The molecule has 1 aromatic rings. The first kappa shape index (κ1) is 18.2. The van der Waals surface area contributed by atoms with Crippen LogP contribution in [0.3, 0.4) is 0 Å². The van der Waals surface area contributed by atoms with Crippen LogP contribution in [-0.4, -0.2) is 38.8 Å². The molecule has 1 aliphatic carbocycles. The summed E-state index contributed by atoms with van der Waals surface area (Å²) in [6, 6.07) is 0.541. The summed E-state index contributed by atoms with van der Waals surface area (Å²) in [5.74, 6) is 1.16. The molecule has 1 aromatic heterocycles. The second-order valence-corrected chi connectivity index (χ2v) is 8.48. The van der Waals surface area contributed by atoms with Crippen molar-refractivity contribution in [1.29, 1.82) is 0 Å². The minimum Gasteiger partial charge on any atom is -0.444 e. The highest BCUT2D eigenvalue weighted by molar-refractivity contribution is 7.99. The van der Waals surface area contributed by atoms with Crippen LogP contribution in [0.25, 0.3) is 0 Å². The Bertz CT molecular complexity index is 510. The number of carbonyl (C=O) groups is 1. The van der Waals surface area contributed by atoms with Crippen LogP contribution in [0.4, 0.5) is 4.79 Å². The van der Waals surface area contributed by atoms with E-state index in [1.807, 2.05) is 33.3 Å². The molecule has 1 aliphatic rings. The van der Waals surface area contributed by atoms with Gasteiger partial charge in [0, 0.05) is 36.1 Å². The summed E-state index contributed by atoms with van der Waals surface area (Å²) >= 11 is 2.05. The molecule has 0 spiro atoms. The number of thioether (sulfide) groups is 1. The molecule has 0 aromatic carbocycles. The molecule has 1 amide bonds. The number of amides is 1. The maximum Gasteiger partial charge on any atom is 0.407 e. The molecule has 23 heavy (non-hydrogen) atoms. The zero-order chi connectivity index (χ0) is 16.9. The van der Waals surface area contributed by atoms with Crippen molar-refractivity contribution in [2.24, 2.45) is 0 Å². The van der Waals surface area contributed by atoms with E-state index in [2.05, 4.69) is 33.6 Å². The first-order valence-electron chi connectivity index (χ1n) is 8.50. The second-order valence-electron chi connectivity index (χ2n) is 6.96. The first-order valence-corrected chi connectivity index (χ1v) is 9.54. The van der Waals surface area contributed by atoms with Gasteiger partial charge in [-0.3, -0.25) is 0 Å². The summed E-state index contributed by atoms with van der Waals surface area (Å²) in [5.41, 5.74) is 0.731. The molecule has 1 fully saturated rings. The molecular formula is C17H29N3O2S. The molecule has 2 atom stereocenters. The normalized spacial score (nSPS) is 21.4. The molecule has 1 heterocycles. The van der Waals surface area contributed by atoms with Gasteiger partial charge in [0.2, 0.25) is 0 Å². The number of ether oxygens (including phenoxy) is 1. The average molecular weight is 340 g/mol. The van der Waals surface area contributed by atoms with E-state index in [4.69, 9.17) is 4.74 Å². The van der Waals surface area contributed by atoms with Gasteiger partial charge in [-0.15, -0.1) is 0 Å². The van der Waals surface area contributed by atoms with Crippen LogP contribution >= 0.6 is 11.8 Å². The van der Waals surface area contributed by atoms with E-state index < -0.39 is 5.60 Å². The number of imidazole rings is 1. The number of hydrogen-bond acceptors (Lipinski definition) is 4. The first-order chi connectivity index (χ1) is 10.9. The molecule has 6 heteroatoms. The highest BCUT2D eigenvalue weighted by atomic mass is 32.2. The van der Waals surface area contributed by atoms with Gasteiger partial charge in [-0.2, -0.15) is 11.8 Å². The van der Waals surface area contributed by atoms with Crippen LogP contribution in [0.15, 0.2) is 12.5 Å². The van der Waals surface area contributed by atoms with Gasteiger partial charge < -0.3 is 14.6 Å². The Morgan fingerprint density at radius 3 is 2.96 bits per heavy atom. The number of carbonyl (C=O) groups excluding carboxylic acids is 1. The largest absolute Gasteiger partial charge is 0.444 e. The smallest absolute Gasteiger partial charge is 0.407 e. The Morgan fingerprint density at radius 2 is 2.26 bits per heavy atom. The Morgan fingerprint density at radius 1 is 1.48 bits per heavy atom. The monoisotopic (exact) mass is 339 g/mol. The number of hydrogen-bond donors (Lipinski definition) is 1. The molecule has 1 N–H and O–H groups in total. The number of nitrogens with zero attached hydrogens (tertiary/aromatic N) is 2. The molecule has 1 saturated carbocycles. The SMILES string of the molecule is CCSC1CCCC1n1cncc1CCNC(=O)OC(C)(C)C. The molecule has 130 valence electrons. The second kappa shape index (κ2) is 8.08. The summed E-state index contributed by atoms with van der Waals surface area (Å²) in [6.07, 6.45) is 8.08. The van der Waals surface area contributed by atoms with E-state index in [9.17, 15) is 4.79 Å². The Kier molecular flexibility index (Phi) is 6.39. The average Bonchev–Trinajstić information content (AvgIpc) is 3.05. The molecule has 0 radical (unpaired) electrons. The zero-order valence-electron chi connectivity index (χ0n) is 14.7. The van der Waals surface area contributed by atoms with Gasteiger partial charge in [-0.1, -0.05) is 13.3 Å². The molecular weight excluding hydrogens is 310 g/mol. The van der Waals surface area contributed by atoms with E-state index in [0.29, 0.717) is 17.8 Å². The number of aromatic nitrogens is 2. The van der Waals surface area contributed by atoms with Crippen LogP contribution in [0.2, 0.25) is 0 Å². The van der Waals surface area contributed by atoms with Crippen LogP contribution in [0.1, 0.15) is 58.7 Å². The number of rotatable bonds is 6. The third kappa shape index (κ3) is 5.44. The van der Waals surface area contributed by atoms with Gasteiger partial charge in [0.15, 0.2) is 0 Å². The van der Waals surface area contributed by atoms with Gasteiger partial charge in [0.05, 0.1) is 6.33 Å². The van der Waals surface area contributed by atoms with Gasteiger partial charge in [0.1, 0.15) is 5.60 Å². The molecule has 2 unspecified atom stereocenters. The fourth-order valence-corrected chi connectivity index (χ4v) is 4.32. The highest BCUT2D eigenvalue weighted by Crippen LogP contribution is 2.38. The predicted octanol–water partition coefficient (Wildman–Crippen LogP) is 3.80. The third-order valence-electron chi connectivity index (χ3n) is 3.95. The zero-order valence-corrected chi connectivity index (χ0v) is 15.5. The molecule has 5 nitrogen and oxygen atoms in total. The maximum absolute atomic E-state index is 11.7. The topological polar surface area (TPSA) is 56.2 Å². The fourth-order valence-electron chi connectivity index (χ4n) is 3.06. The summed E-state index contributed by atoms with van der Waals surface area (Å²) in [6.45, 7) is 8.40. The third-order valence-corrected chi connectivity index (χ3v) is 5.26. The maximum atomic E-state index is 11.7. The van der Waals surface area contributed by atoms with E-state index in [0.717, 1.165) is 12.2 Å². The van der Waals surface area contributed by atoms with E-state index in [1.54, 1.807) is 0 Å². The van der Waals surface area contributed by atoms with Crippen LogP contribution in [0.5, 0.6) is 0 Å². The predicted molar refractivity (Wildman–Crippen MR) is 95.0 cm³/mol. The quantitative estimate of drug-likeness (QED) is 0.856. The number of alkyl carbamates (subject to hydrolysis) is 1. The fraction of sp³-hybridized carbons (Fsp3) is 0.765. The lowest BCUT2D eigenvalue weighted by Crippen LogP contribution is -2.33. The number of nitrogens with one attached hydrogen (secondary N) is 1. The molecule has 0 bridgehead atoms. The van der Waals surface area contributed by atoms with Gasteiger partial charge >= 0.3 is 6.09 Å². The van der Waals surface area contributed by atoms with Crippen molar-refractivity contribution in [2.75, 3.05) is 12.3 Å².